The first kappa shape index (κ1) is 15.8. The summed E-state index contributed by atoms with van der Waals surface area (Å²) in [4.78, 5) is 25.9. The fourth-order valence-electron chi connectivity index (χ4n) is 2.73. The summed E-state index contributed by atoms with van der Waals surface area (Å²) in [5.74, 6) is 0.958. The minimum absolute atomic E-state index is 0.0293. The molecule has 0 radical (unpaired) electrons. The van der Waals surface area contributed by atoms with Crippen LogP contribution < -0.4 is 10.6 Å². The van der Waals surface area contributed by atoms with E-state index in [2.05, 4.69) is 17.6 Å². The van der Waals surface area contributed by atoms with Gasteiger partial charge in [0.1, 0.15) is 5.76 Å². The lowest BCUT2D eigenvalue weighted by Gasteiger charge is -2.16. The standard InChI is InChI=1S/C17H20N2O3S/c1-11-4-5-14-12(7-11)8-15(23-14)17(21)19-10-16(20)18-9-13-3-2-6-22-13/h2-3,6,8,11H,4-5,7,9-10H2,1H3,(H,18,20)(H,19,21)/t11-/m0/s1. The minimum Gasteiger partial charge on any atom is -0.467 e. The van der Waals surface area contributed by atoms with Gasteiger partial charge in [0.05, 0.1) is 24.2 Å². The maximum atomic E-state index is 12.2. The topological polar surface area (TPSA) is 71.3 Å². The summed E-state index contributed by atoms with van der Waals surface area (Å²) in [6.07, 6.45) is 4.84. The van der Waals surface area contributed by atoms with Crippen molar-refractivity contribution in [1.29, 1.82) is 0 Å². The highest BCUT2D eigenvalue weighted by molar-refractivity contribution is 7.14. The van der Waals surface area contributed by atoms with Crippen LogP contribution in [0.25, 0.3) is 0 Å². The molecule has 2 amide bonds. The van der Waals surface area contributed by atoms with Crippen LogP contribution in [0.2, 0.25) is 0 Å². The van der Waals surface area contributed by atoms with Crippen molar-refractivity contribution in [2.45, 2.75) is 32.7 Å². The van der Waals surface area contributed by atoms with E-state index in [1.807, 2.05) is 6.07 Å². The van der Waals surface area contributed by atoms with Gasteiger partial charge in [-0.05, 0) is 48.9 Å². The Morgan fingerprint density at radius 3 is 3.04 bits per heavy atom. The molecule has 0 aromatic carbocycles. The van der Waals surface area contributed by atoms with Crippen molar-refractivity contribution < 1.29 is 14.0 Å². The van der Waals surface area contributed by atoms with Crippen LogP contribution in [0, 0.1) is 5.92 Å². The van der Waals surface area contributed by atoms with E-state index in [4.69, 9.17) is 4.42 Å². The number of furan rings is 1. The Labute approximate surface area is 139 Å². The molecule has 2 aromatic rings. The Morgan fingerprint density at radius 2 is 2.26 bits per heavy atom. The van der Waals surface area contributed by atoms with E-state index in [1.54, 1.807) is 29.7 Å². The van der Waals surface area contributed by atoms with Gasteiger partial charge in [0.25, 0.3) is 5.91 Å². The van der Waals surface area contributed by atoms with Gasteiger partial charge in [-0.15, -0.1) is 11.3 Å². The van der Waals surface area contributed by atoms with Crippen LogP contribution in [-0.4, -0.2) is 18.4 Å². The number of amides is 2. The first-order chi connectivity index (χ1) is 11.1. The minimum atomic E-state index is -0.232. The third kappa shape index (κ3) is 4.01. The lowest BCUT2D eigenvalue weighted by atomic mass is 9.90. The molecule has 0 spiro atoms. The second-order valence-corrected chi connectivity index (χ2v) is 7.08. The molecule has 1 atom stereocenters. The molecule has 0 aliphatic heterocycles. The molecule has 0 unspecified atom stereocenters. The number of nitrogens with one attached hydrogen (secondary N) is 2. The maximum Gasteiger partial charge on any atom is 0.261 e. The van der Waals surface area contributed by atoms with Crippen molar-refractivity contribution in [2.75, 3.05) is 6.54 Å². The Bertz CT molecular complexity index is 691. The third-order valence-corrected chi connectivity index (χ3v) is 5.24. The van der Waals surface area contributed by atoms with Crippen molar-refractivity contribution in [2.24, 2.45) is 5.92 Å². The van der Waals surface area contributed by atoms with Crippen LogP contribution in [0.15, 0.2) is 28.9 Å². The molecule has 23 heavy (non-hydrogen) atoms. The molecule has 5 nitrogen and oxygen atoms in total. The Morgan fingerprint density at radius 1 is 1.39 bits per heavy atom. The highest BCUT2D eigenvalue weighted by Crippen LogP contribution is 2.32. The van der Waals surface area contributed by atoms with Gasteiger partial charge in [0, 0.05) is 4.88 Å². The lowest BCUT2D eigenvalue weighted by molar-refractivity contribution is -0.120. The van der Waals surface area contributed by atoms with Gasteiger partial charge < -0.3 is 15.1 Å². The molecular weight excluding hydrogens is 312 g/mol. The molecule has 3 rings (SSSR count). The van der Waals surface area contributed by atoms with E-state index in [0.29, 0.717) is 23.1 Å². The van der Waals surface area contributed by atoms with E-state index < -0.39 is 0 Å². The number of carbonyl (C=O) groups is 2. The van der Waals surface area contributed by atoms with Gasteiger partial charge in [-0.25, -0.2) is 0 Å². The third-order valence-electron chi connectivity index (χ3n) is 4.00. The number of hydrogen-bond donors (Lipinski definition) is 2. The van der Waals surface area contributed by atoms with E-state index in [9.17, 15) is 9.59 Å². The predicted octanol–water partition coefficient (Wildman–Crippen LogP) is 2.51. The molecule has 2 N–H and O–H groups in total. The van der Waals surface area contributed by atoms with Gasteiger partial charge >= 0.3 is 0 Å². The largest absolute Gasteiger partial charge is 0.467 e. The zero-order valence-corrected chi connectivity index (χ0v) is 13.9. The Hall–Kier alpha value is -2.08. The van der Waals surface area contributed by atoms with Crippen LogP contribution in [-0.2, 0) is 24.2 Å². The monoisotopic (exact) mass is 332 g/mol. The summed E-state index contributed by atoms with van der Waals surface area (Å²) in [6, 6.07) is 5.53. The second kappa shape index (κ2) is 7.00. The lowest BCUT2D eigenvalue weighted by Crippen LogP contribution is -2.36. The van der Waals surface area contributed by atoms with Crippen LogP contribution in [0.5, 0.6) is 0 Å². The quantitative estimate of drug-likeness (QED) is 0.884. The molecule has 0 bridgehead atoms. The number of thiophene rings is 1. The normalized spacial score (nSPS) is 16.7. The first-order valence-corrected chi connectivity index (χ1v) is 8.62. The summed E-state index contributed by atoms with van der Waals surface area (Å²) in [7, 11) is 0. The van der Waals surface area contributed by atoms with Crippen molar-refractivity contribution in [3.05, 3.63) is 45.5 Å². The van der Waals surface area contributed by atoms with Crippen molar-refractivity contribution in [3.63, 3.8) is 0 Å². The molecular formula is C17H20N2O3S. The molecule has 0 fully saturated rings. The van der Waals surface area contributed by atoms with Crippen molar-refractivity contribution >= 4 is 23.2 Å². The molecule has 6 heteroatoms. The van der Waals surface area contributed by atoms with E-state index in [-0.39, 0.29) is 18.4 Å². The second-order valence-electron chi connectivity index (χ2n) is 5.95. The molecule has 1 aliphatic carbocycles. The molecule has 1 aliphatic rings. The zero-order valence-electron chi connectivity index (χ0n) is 13.1. The summed E-state index contributed by atoms with van der Waals surface area (Å²) < 4.78 is 5.13. The van der Waals surface area contributed by atoms with Crippen LogP contribution in [0.4, 0.5) is 0 Å². The smallest absolute Gasteiger partial charge is 0.261 e. The van der Waals surface area contributed by atoms with Crippen LogP contribution in [0.3, 0.4) is 0 Å². The van der Waals surface area contributed by atoms with E-state index in [0.717, 1.165) is 12.8 Å². The molecule has 2 aromatic heterocycles. The molecule has 0 saturated carbocycles. The predicted molar refractivity (Wildman–Crippen MR) is 88.4 cm³/mol. The number of hydrogen-bond acceptors (Lipinski definition) is 4. The molecule has 2 heterocycles. The molecule has 122 valence electrons. The summed E-state index contributed by atoms with van der Waals surface area (Å²) in [5, 5.41) is 5.38. The fourth-order valence-corrected chi connectivity index (χ4v) is 3.85. The highest BCUT2D eigenvalue weighted by Gasteiger charge is 2.20. The number of aryl methyl sites for hydroxylation is 1. The fraction of sp³-hybridized carbons (Fsp3) is 0.412. The zero-order chi connectivity index (χ0) is 16.2. The Kier molecular flexibility index (Phi) is 4.81. The van der Waals surface area contributed by atoms with Crippen LogP contribution >= 0.6 is 11.3 Å². The summed E-state index contributed by atoms with van der Waals surface area (Å²) >= 11 is 1.55. The van der Waals surface area contributed by atoms with Gasteiger partial charge in [0.2, 0.25) is 5.91 Å². The van der Waals surface area contributed by atoms with Crippen molar-refractivity contribution in [3.8, 4) is 0 Å². The van der Waals surface area contributed by atoms with Crippen molar-refractivity contribution in [1.82, 2.24) is 10.6 Å². The van der Waals surface area contributed by atoms with Gasteiger partial charge in [0.15, 0.2) is 0 Å². The summed E-state index contributed by atoms with van der Waals surface area (Å²) in [6.45, 7) is 2.54. The Balaban J connectivity index is 1.48. The number of fused-ring (bicyclic) bond motifs is 1. The van der Waals surface area contributed by atoms with Gasteiger partial charge in [-0.3, -0.25) is 9.59 Å². The van der Waals surface area contributed by atoms with E-state index >= 15 is 0 Å². The molecule has 0 saturated heterocycles. The van der Waals surface area contributed by atoms with Crippen LogP contribution in [0.1, 0.15) is 39.2 Å². The SMILES string of the molecule is C[C@H]1CCc2sc(C(=O)NCC(=O)NCc3ccco3)cc2C1. The number of rotatable bonds is 5. The average molecular weight is 332 g/mol. The summed E-state index contributed by atoms with van der Waals surface area (Å²) in [5.41, 5.74) is 1.29. The van der Waals surface area contributed by atoms with E-state index in [1.165, 1.54) is 16.9 Å². The highest BCUT2D eigenvalue weighted by atomic mass is 32.1. The van der Waals surface area contributed by atoms with Gasteiger partial charge in [-0.1, -0.05) is 6.92 Å². The number of carbonyl (C=O) groups excluding carboxylic acids is 2. The van der Waals surface area contributed by atoms with Gasteiger partial charge in [-0.2, -0.15) is 0 Å². The average Bonchev–Trinajstić information content (AvgIpc) is 3.19. The first-order valence-electron chi connectivity index (χ1n) is 7.80. The maximum absolute atomic E-state index is 12.2.